The first-order valence-corrected chi connectivity index (χ1v) is 12.0. The standard InChI is InChI=1S/C26H33N5O.ClH/c1-19-15-20(18-30-13-7-8-14-30)16-23-24(19)31(22-11-5-6-12-27-17-22)26(28-23)29-25(32)21-9-3-2-4-10-21;/h2-4,9-10,15-16,22,27H,5-8,11-14,17-18H2,1H3,(H,28,29,32);1H. The van der Waals surface area contributed by atoms with Crippen LogP contribution in [0.25, 0.3) is 11.0 Å². The summed E-state index contributed by atoms with van der Waals surface area (Å²) in [4.78, 5) is 20.5. The van der Waals surface area contributed by atoms with Gasteiger partial charge in [0.1, 0.15) is 0 Å². The average Bonchev–Trinajstić information content (AvgIpc) is 3.34. The minimum absolute atomic E-state index is 0. The molecule has 3 heterocycles. The molecule has 0 radical (unpaired) electrons. The Kier molecular flexibility index (Phi) is 7.68. The minimum atomic E-state index is -0.112. The van der Waals surface area contributed by atoms with Crippen molar-refractivity contribution in [1.29, 1.82) is 0 Å². The van der Waals surface area contributed by atoms with Gasteiger partial charge in [-0.25, -0.2) is 4.98 Å². The van der Waals surface area contributed by atoms with E-state index in [1.54, 1.807) is 0 Å². The molecule has 2 aromatic carbocycles. The second-order valence-corrected chi connectivity index (χ2v) is 9.24. The molecule has 3 aromatic rings. The molecule has 0 aliphatic carbocycles. The van der Waals surface area contributed by atoms with E-state index in [1.807, 2.05) is 30.3 Å². The van der Waals surface area contributed by atoms with Crippen LogP contribution in [0.5, 0.6) is 0 Å². The largest absolute Gasteiger partial charge is 0.315 e. The van der Waals surface area contributed by atoms with Gasteiger partial charge in [-0.05, 0) is 81.6 Å². The molecule has 1 unspecified atom stereocenters. The molecule has 2 fully saturated rings. The summed E-state index contributed by atoms with van der Waals surface area (Å²) in [7, 11) is 0. The van der Waals surface area contributed by atoms with E-state index in [4.69, 9.17) is 4.98 Å². The number of carbonyl (C=O) groups is 1. The number of nitrogens with zero attached hydrogens (tertiary/aromatic N) is 3. The van der Waals surface area contributed by atoms with E-state index in [0.29, 0.717) is 11.5 Å². The third-order valence-corrected chi connectivity index (χ3v) is 6.79. The molecule has 0 saturated carbocycles. The molecule has 0 bridgehead atoms. The molecule has 7 heteroatoms. The summed E-state index contributed by atoms with van der Waals surface area (Å²) in [6.45, 7) is 7.46. The number of benzene rings is 2. The fraction of sp³-hybridized carbons (Fsp3) is 0.462. The first-order valence-electron chi connectivity index (χ1n) is 12.0. The fourth-order valence-electron chi connectivity index (χ4n) is 5.22. The monoisotopic (exact) mass is 467 g/mol. The summed E-state index contributed by atoms with van der Waals surface area (Å²) < 4.78 is 2.28. The van der Waals surface area contributed by atoms with E-state index < -0.39 is 0 Å². The van der Waals surface area contributed by atoms with Crippen molar-refractivity contribution in [3.8, 4) is 0 Å². The van der Waals surface area contributed by atoms with E-state index in [0.717, 1.165) is 37.1 Å². The highest BCUT2D eigenvalue weighted by molar-refractivity contribution is 6.04. The maximum atomic E-state index is 13.0. The van der Waals surface area contributed by atoms with E-state index in [1.165, 1.54) is 49.9 Å². The van der Waals surface area contributed by atoms with Gasteiger partial charge in [0.2, 0.25) is 5.95 Å². The number of fused-ring (bicyclic) bond motifs is 1. The van der Waals surface area contributed by atoms with Crippen LogP contribution in [0, 0.1) is 6.92 Å². The molecule has 0 spiro atoms. The molecule has 2 aliphatic heterocycles. The second kappa shape index (κ2) is 10.7. The van der Waals surface area contributed by atoms with Crippen LogP contribution in [0.4, 0.5) is 5.95 Å². The molecule has 1 aromatic heterocycles. The fourth-order valence-corrected chi connectivity index (χ4v) is 5.22. The topological polar surface area (TPSA) is 62.2 Å². The number of halogens is 1. The van der Waals surface area contributed by atoms with Crippen molar-refractivity contribution in [3.05, 3.63) is 59.2 Å². The van der Waals surface area contributed by atoms with Gasteiger partial charge < -0.3 is 9.88 Å². The van der Waals surface area contributed by atoms with Crippen molar-refractivity contribution in [2.24, 2.45) is 0 Å². The molecule has 6 nitrogen and oxygen atoms in total. The van der Waals surface area contributed by atoms with E-state index >= 15 is 0 Å². The van der Waals surface area contributed by atoms with Gasteiger partial charge >= 0.3 is 0 Å². The van der Waals surface area contributed by atoms with Gasteiger partial charge in [-0.1, -0.05) is 30.7 Å². The van der Waals surface area contributed by atoms with Crippen molar-refractivity contribution in [1.82, 2.24) is 19.8 Å². The zero-order chi connectivity index (χ0) is 21.9. The lowest BCUT2D eigenvalue weighted by Crippen LogP contribution is -2.25. The first-order chi connectivity index (χ1) is 15.7. The number of imidazole rings is 1. The van der Waals surface area contributed by atoms with Crippen LogP contribution in [0.3, 0.4) is 0 Å². The van der Waals surface area contributed by atoms with Crippen molar-refractivity contribution >= 4 is 35.3 Å². The Bertz CT molecular complexity index is 1080. The molecule has 33 heavy (non-hydrogen) atoms. The predicted molar refractivity (Wildman–Crippen MR) is 136 cm³/mol. The van der Waals surface area contributed by atoms with E-state index in [9.17, 15) is 4.79 Å². The van der Waals surface area contributed by atoms with Gasteiger partial charge in [0.05, 0.1) is 11.0 Å². The van der Waals surface area contributed by atoms with Crippen LogP contribution in [-0.2, 0) is 6.54 Å². The molecule has 1 atom stereocenters. The third-order valence-electron chi connectivity index (χ3n) is 6.79. The van der Waals surface area contributed by atoms with Gasteiger partial charge in [-0.2, -0.15) is 0 Å². The normalized spacial score (nSPS) is 19.2. The van der Waals surface area contributed by atoms with Crippen LogP contribution in [0.15, 0.2) is 42.5 Å². The molecule has 176 valence electrons. The van der Waals surface area contributed by atoms with Gasteiger partial charge in [-0.3, -0.25) is 15.0 Å². The van der Waals surface area contributed by atoms with Gasteiger partial charge in [-0.15, -0.1) is 12.4 Å². The minimum Gasteiger partial charge on any atom is -0.315 e. The Morgan fingerprint density at radius 1 is 1.12 bits per heavy atom. The Hall–Kier alpha value is -2.41. The summed E-state index contributed by atoms with van der Waals surface area (Å²) >= 11 is 0. The summed E-state index contributed by atoms with van der Waals surface area (Å²) in [5, 5.41) is 6.70. The van der Waals surface area contributed by atoms with Crippen molar-refractivity contribution < 1.29 is 4.79 Å². The van der Waals surface area contributed by atoms with Crippen molar-refractivity contribution in [2.75, 3.05) is 31.5 Å². The van der Waals surface area contributed by atoms with Crippen LogP contribution in [0.2, 0.25) is 0 Å². The highest BCUT2D eigenvalue weighted by atomic mass is 35.5. The molecule has 2 N–H and O–H groups in total. The first kappa shape index (κ1) is 23.7. The molecular weight excluding hydrogens is 434 g/mol. The molecule has 1 amide bonds. The molecule has 2 aliphatic rings. The number of anilines is 1. The number of aryl methyl sites for hydroxylation is 1. The summed E-state index contributed by atoms with van der Waals surface area (Å²) in [6, 6.07) is 14.2. The van der Waals surface area contributed by atoms with Crippen LogP contribution in [-0.4, -0.2) is 46.5 Å². The summed E-state index contributed by atoms with van der Waals surface area (Å²) in [5.41, 5.74) is 5.31. The van der Waals surface area contributed by atoms with E-state index in [2.05, 4.69) is 39.2 Å². The van der Waals surface area contributed by atoms with Gasteiger partial charge in [0.15, 0.2) is 0 Å². The Morgan fingerprint density at radius 2 is 1.91 bits per heavy atom. The quantitative estimate of drug-likeness (QED) is 0.558. The highest BCUT2D eigenvalue weighted by Crippen LogP contribution is 2.32. The lowest BCUT2D eigenvalue weighted by Gasteiger charge is -2.21. The Labute approximate surface area is 202 Å². The number of aromatic nitrogens is 2. The number of amides is 1. The van der Waals surface area contributed by atoms with Crippen molar-refractivity contribution in [3.63, 3.8) is 0 Å². The Morgan fingerprint density at radius 3 is 2.70 bits per heavy atom. The zero-order valence-electron chi connectivity index (χ0n) is 19.3. The number of hydrogen-bond acceptors (Lipinski definition) is 4. The predicted octanol–water partition coefficient (Wildman–Crippen LogP) is 4.93. The average molecular weight is 468 g/mol. The lowest BCUT2D eigenvalue weighted by molar-refractivity contribution is 0.102. The molecule has 5 rings (SSSR count). The number of hydrogen-bond donors (Lipinski definition) is 2. The lowest BCUT2D eigenvalue weighted by atomic mass is 10.1. The summed E-state index contributed by atoms with van der Waals surface area (Å²) in [6.07, 6.45) is 6.03. The van der Waals surface area contributed by atoms with Crippen LogP contribution in [0.1, 0.15) is 59.6 Å². The maximum Gasteiger partial charge on any atom is 0.257 e. The molecular formula is C26H34ClN5O. The second-order valence-electron chi connectivity index (χ2n) is 9.24. The van der Waals surface area contributed by atoms with Crippen molar-refractivity contribution in [2.45, 2.75) is 51.6 Å². The van der Waals surface area contributed by atoms with E-state index in [-0.39, 0.29) is 24.4 Å². The van der Waals surface area contributed by atoms with Gasteiger partial charge in [0, 0.05) is 24.7 Å². The number of carbonyl (C=O) groups excluding carboxylic acids is 1. The number of nitrogens with one attached hydrogen (secondary N) is 2. The van der Waals surface area contributed by atoms with Crippen LogP contribution < -0.4 is 10.6 Å². The highest BCUT2D eigenvalue weighted by Gasteiger charge is 2.24. The smallest absolute Gasteiger partial charge is 0.257 e. The number of rotatable bonds is 5. The Balaban J connectivity index is 0.00000259. The summed E-state index contributed by atoms with van der Waals surface area (Å²) in [5.74, 6) is 0.544. The molecule has 2 saturated heterocycles. The third kappa shape index (κ3) is 5.24. The SMILES string of the molecule is Cc1cc(CN2CCCC2)cc2nc(NC(=O)c3ccccc3)n(C3CCCCNC3)c12.Cl. The van der Waals surface area contributed by atoms with Crippen LogP contribution >= 0.6 is 12.4 Å². The van der Waals surface area contributed by atoms with Gasteiger partial charge in [0.25, 0.3) is 5.91 Å². The zero-order valence-corrected chi connectivity index (χ0v) is 20.2. The number of likely N-dealkylation sites (tertiary alicyclic amines) is 1. The maximum absolute atomic E-state index is 13.0.